The van der Waals surface area contributed by atoms with Crippen LogP contribution in [0.2, 0.25) is 5.02 Å². The van der Waals surface area contributed by atoms with E-state index in [1.807, 2.05) is 12.1 Å². The van der Waals surface area contributed by atoms with E-state index in [1.54, 1.807) is 16.8 Å². The van der Waals surface area contributed by atoms with Gasteiger partial charge in [-0.15, -0.1) is 0 Å². The molecule has 0 atom stereocenters. The number of halogens is 1. The van der Waals surface area contributed by atoms with Crippen LogP contribution in [0.3, 0.4) is 0 Å². The van der Waals surface area contributed by atoms with E-state index in [0.717, 1.165) is 5.56 Å². The molecular weight excluding hydrogens is 468 g/mol. The molecule has 33 heavy (non-hydrogen) atoms. The number of fused-ring (bicyclic) bond motifs is 1. The van der Waals surface area contributed by atoms with Gasteiger partial charge in [0.15, 0.2) is 5.65 Å². The van der Waals surface area contributed by atoms with Crippen LogP contribution < -0.4 is 10.9 Å². The van der Waals surface area contributed by atoms with Gasteiger partial charge in [0.1, 0.15) is 11.7 Å². The zero-order valence-electron chi connectivity index (χ0n) is 18.1. The van der Waals surface area contributed by atoms with Crippen LogP contribution in [-0.2, 0) is 27.9 Å². The number of hydrogen-bond donors (Lipinski definition) is 1. The minimum Gasteiger partial charge on any atom is -0.354 e. The Hall–Kier alpha value is -2.76. The number of carbonyl (C=O) groups excluding carboxylic acids is 1. The number of rotatable bonds is 7. The van der Waals surface area contributed by atoms with Crippen molar-refractivity contribution in [2.24, 2.45) is 5.92 Å². The Morgan fingerprint density at radius 2 is 1.91 bits per heavy atom. The van der Waals surface area contributed by atoms with E-state index in [9.17, 15) is 18.0 Å². The van der Waals surface area contributed by atoms with Crippen molar-refractivity contribution < 1.29 is 13.2 Å². The predicted molar refractivity (Wildman–Crippen MR) is 124 cm³/mol. The molecule has 0 saturated carbocycles. The summed E-state index contributed by atoms with van der Waals surface area (Å²) >= 11 is 5.91. The summed E-state index contributed by atoms with van der Waals surface area (Å²) in [7, 11) is -3.22. The number of benzene rings is 1. The second-order valence-electron chi connectivity index (χ2n) is 8.14. The molecule has 0 unspecified atom stereocenters. The number of sulfonamides is 1. The van der Waals surface area contributed by atoms with E-state index in [2.05, 4.69) is 15.4 Å². The van der Waals surface area contributed by atoms with Crippen LogP contribution in [0.1, 0.15) is 18.4 Å². The number of nitrogens with one attached hydrogen (secondary N) is 1. The molecule has 1 aliphatic rings. The SMILES string of the molecule is CS(=O)(=O)N1CCC(C(=O)NCCn2ncc3c(=O)n(Cc4ccc(Cl)cc4)cnc32)CC1. The molecule has 12 heteroatoms. The van der Waals surface area contributed by atoms with Gasteiger partial charge in [-0.3, -0.25) is 14.2 Å². The molecule has 1 amide bonds. The number of amides is 1. The quantitative estimate of drug-likeness (QED) is 0.527. The summed E-state index contributed by atoms with van der Waals surface area (Å²) < 4.78 is 27.7. The lowest BCUT2D eigenvalue weighted by atomic mass is 9.97. The van der Waals surface area contributed by atoms with Gasteiger partial charge in [0.2, 0.25) is 15.9 Å². The van der Waals surface area contributed by atoms with Gasteiger partial charge in [-0.1, -0.05) is 23.7 Å². The highest BCUT2D eigenvalue weighted by Crippen LogP contribution is 2.19. The van der Waals surface area contributed by atoms with Crippen LogP contribution in [0.5, 0.6) is 0 Å². The van der Waals surface area contributed by atoms with Gasteiger partial charge in [-0.2, -0.15) is 5.10 Å². The van der Waals surface area contributed by atoms with Crippen molar-refractivity contribution in [1.82, 2.24) is 29.0 Å². The van der Waals surface area contributed by atoms with Crippen LogP contribution in [0.4, 0.5) is 0 Å². The molecule has 3 heterocycles. The summed E-state index contributed by atoms with van der Waals surface area (Å²) in [6.45, 7) is 1.78. The Bertz CT molecular complexity index is 1310. The topological polar surface area (TPSA) is 119 Å². The number of nitrogens with zero attached hydrogens (tertiary/aromatic N) is 5. The summed E-state index contributed by atoms with van der Waals surface area (Å²) in [5.41, 5.74) is 1.20. The minimum absolute atomic E-state index is 0.0992. The third-order valence-corrected chi connectivity index (χ3v) is 7.36. The molecule has 1 fully saturated rings. The van der Waals surface area contributed by atoms with Crippen LogP contribution in [0, 0.1) is 5.92 Å². The fourth-order valence-corrected chi connectivity index (χ4v) is 4.94. The first-order valence-corrected chi connectivity index (χ1v) is 12.8. The first-order valence-electron chi connectivity index (χ1n) is 10.6. The molecule has 0 radical (unpaired) electrons. The van der Waals surface area contributed by atoms with Crippen LogP contribution in [0.25, 0.3) is 11.0 Å². The number of piperidine rings is 1. The Balaban J connectivity index is 1.35. The van der Waals surface area contributed by atoms with Crippen molar-refractivity contribution in [2.75, 3.05) is 25.9 Å². The van der Waals surface area contributed by atoms with E-state index in [4.69, 9.17) is 11.6 Å². The third-order valence-electron chi connectivity index (χ3n) is 5.81. The van der Waals surface area contributed by atoms with Crippen molar-refractivity contribution in [3.05, 3.63) is 57.7 Å². The van der Waals surface area contributed by atoms with Gasteiger partial charge in [0.25, 0.3) is 5.56 Å². The average Bonchev–Trinajstić information content (AvgIpc) is 3.20. The first-order chi connectivity index (χ1) is 15.7. The average molecular weight is 493 g/mol. The molecule has 10 nitrogen and oxygen atoms in total. The fourth-order valence-electron chi connectivity index (χ4n) is 3.94. The fraction of sp³-hybridized carbons (Fsp3) is 0.429. The highest BCUT2D eigenvalue weighted by molar-refractivity contribution is 7.88. The lowest BCUT2D eigenvalue weighted by Crippen LogP contribution is -2.43. The van der Waals surface area contributed by atoms with E-state index in [-0.39, 0.29) is 17.4 Å². The molecule has 3 aromatic rings. The van der Waals surface area contributed by atoms with E-state index in [1.165, 1.54) is 27.7 Å². The van der Waals surface area contributed by atoms with E-state index >= 15 is 0 Å². The molecule has 2 aromatic heterocycles. The predicted octanol–water partition coefficient (Wildman–Crippen LogP) is 1.08. The third kappa shape index (κ3) is 5.43. The van der Waals surface area contributed by atoms with Gasteiger partial charge in [0.05, 0.1) is 25.5 Å². The van der Waals surface area contributed by atoms with Crippen molar-refractivity contribution >= 4 is 38.6 Å². The monoisotopic (exact) mass is 492 g/mol. The summed E-state index contributed by atoms with van der Waals surface area (Å²) in [4.78, 5) is 29.7. The maximum atomic E-state index is 12.8. The first kappa shape index (κ1) is 23.4. The molecule has 1 aromatic carbocycles. The van der Waals surface area contributed by atoms with Crippen molar-refractivity contribution in [1.29, 1.82) is 0 Å². The molecule has 4 rings (SSSR count). The van der Waals surface area contributed by atoms with Gasteiger partial charge >= 0.3 is 0 Å². The van der Waals surface area contributed by atoms with Crippen LogP contribution in [0.15, 0.2) is 41.6 Å². The van der Waals surface area contributed by atoms with Crippen LogP contribution >= 0.6 is 11.6 Å². The summed E-state index contributed by atoms with van der Waals surface area (Å²) in [5.74, 6) is -0.312. The normalized spacial score (nSPS) is 15.7. The van der Waals surface area contributed by atoms with Crippen molar-refractivity contribution in [3.8, 4) is 0 Å². The second kappa shape index (κ2) is 9.62. The summed E-state index contributed by atoms with van der Waals surface area (Å²) in [6, 6.07) is 7.26. The van der Waals surface area contributed by atoms with E-state index < -0.39 is 10.0 Å². The van der Waals surface area contributed by atoms with Crippen LogP contribution in [-0.4, -0.2) is 63.9 Å². The van der Waals surface area contributed by atoms with Crippen molar-refractivity contribution in [3.63, 3.8) is 0 Å². The second-order valence-corrected chi connectivity index (χ2v) is 10.6. The maximum Gasteiger partial charge on any atom is 0.264 e. The van der Waals surface area contributed by atoms with E-state index in [0.29, 0.717) is 61.6 Å². The largest absolute Gasteiger partial charge is 0.354 e. The molecule has 0 bridgehead atoms. The van der Waals surface area contributed by atoms with Gasteiger partial charge in [0, 0.05) is 30.6 Å². The molecule has 1 aliphatic heterocycles. The zero-order chi connectivity index (χ0) is 23.6. The maximum absolute atomic E-state index is 12.8. The molecular formula is C21H25ClN6O4S. The molecule has 0 aliphatic carbocycles. The Kier molecular flexibility index (Phi) is 6.82. The van der Waals surface area contributed by atoms with Gasteiger partial charge in [-0.25, -0.2) is 22.4 Å². The van der Waals surface area contributed by atoms with Crippen molar-refractivity contribution in [2.45, 2.75) is 25.9 Å². The minimum atomic E-state index is -3.22. The molecule has 0 spiro atoms. The number of aromatic nitrogens is 4. The highest BCUT2D eigenvalue weighted by Gasteiger charge is 2.28. The lowest BCUT2D eigenvalue weighted by molar-refractivity contribution is -0.126. The molecule has 176 valence electrons. The standard InChI is InChI=1S/C21H25ClN6O4S/c1-33(31,32)27-9-6-16(7-10-27)20(29)23-8-11-28-19-18(12-25-28)21(30)26(14-24-19)13-15-2-4-17(22)5-3-15/h2-5,12,14,16H,6-11,13H2,1H3,(H,23,29). The molecule has 1 N–H and O–H groups in total. The summed E-state index contributed by atoms with van der Waals surface area (Å²) in [5, 5.41) is 8.18. The smallest absolute Gasteiger partial charge is 0.264 e. The Labute approximate surface area is 196 Å². The Morgan fingerprint density at radius 3 is 2.58 bits per heavy atom. The lowest BCUT2D eigenvalue weighted by Gasteiger charge is -2.29. The number of hydrogen-bond acceptors (Lipinski definition) is 6. The Morgan fingerprint density at radius 1 is 1.21 bits per heavy atom. The number of carbonyl (C=O) groups is 1. The molecule has 1 saturated heterocycles. The van der Waals surface area contributed by atoms with Gasteiger partial charge in [-0.05, 0) is 30.5 Å². The summed E-state index contributed by atoms with van der Waals surface area (Å²) in [6.07, 6.45) is 5.16. The van der Waals surface area contributed by atoms with Gasteiger partial charge < -0.3 is 5.32 Å². The zero-order valence-corrected chi connectivity index (χ0v) is 19.7. The highest BCUT2D eigenvalue weighted by atomic mass is 35.5.